The van der Waals surface area contributed by atoms with E-state index in [1.807, 2.05) is 24.3 Å². The lowest BCUT2D eigenvalue weighted by molar-refractivity contribution is -0.149. The molecule has 0 radical (unpaired) electrons. The number of aromatic nitrogens is 1. The number of thiazole rings is 1. The van der Waals surface area contributed by atoms with E-state index in [1.165, 1.54) is 11.3 Å². The molecule has 2 aromatic rings. The number of carbonyl (C=O) groups is 3. The average molecular weight is 477 g/mol. The minimum Gasteiger partial charge on any atom is -0.480 e. The zero-order valence-electron chi connectivity index (χ0n) is 16.0. The number of benzene rings is 1. The molecule has 7 atom stereocenters. The normalized spacial score (nSPS) is 35.3. The van der Waals surface area contributed by atoms with Crippen molar-refractivity contribution >= 4 is 52.5 Å². The van der Waals surface area contributed by atoms with Crippen molar-refractivity contribution in [3.63, 3.8) is 0 Å². The number of hydrogen-bond acceptors (Lipinski definition) is 6. The molecule has 4 aliphatic rings. The summed E-state index contributed by atoms with van der Waals surface area (Å²) in [4.78, 5) is 54.3. The lowest BCUT2D eigenvalue weighted by atomic mass is 9.68. The van der Waals surface area contributed by atoms with Gasteiger partial charge in [0.05, 0.1) is 16.9 Å². The standard InChI is InChI=1S/C21H17ClN2O5S2/c22-8-3-1-7(2-4-8)12-13-9-5-10(16(13)30-18-17(12)31-21(29)23-18)15-14(9)19(27)24(20(15)28)6-11(25)26/h1-4,9-10,12-16H,5-6H2,(H,23,29)(H,25,26)/t9-,10+,12+,13+,14+,15+,16-/m0/s1. The first kappa shape index (κ1) is 19.6. The third-order valence-electron chi connectivity index (χ3n) is 7.34. The first-order valence-electron chi connectivity index (χ1n) is 10.1. The molecule has 2 bridgehead atoms. The third kappa shape index (κ3) is 2.66. The van der Waals surface area contributed by atoms with Gasteiger partial charge in [0.1, 0.15) is 6.54 Å². The van der Waals surface area contributed by atoms with Gasteiger partial charge in [0.25, 0.3) is 0 Å². The van der Waals surface area contributed by atoms with Gasteiger partial charge < -0.3 is 10.1 Å². The van der Waals surface area contributed by atoms with Gasteiger partial charge >= 0.3 is 10.8 Å². The zero-order chi connectivity index (χ0) is 21.6. The Kier molecular flexibility index (Phi) is 4.23. The molecular weight excluding hydrogens is 460 g/mol. The van der Waals surface area contributed by atoms with Crippen molar-refractivity contribution in [3.05, 3.63) is 49.4 Å². The van der Waals surface area contributed by atoms with E-state index in [1.54, 1.807) is 11.8 Å². The van der Waals surface area contributed by atoms with Gasteiger partial charge in [-0.2, -0.15) is 0 Å². The van der Waals surface area contributed by atoms with Crippen molar-refractivity contribution in [2.75, 3.05) is 6.54 Å². The molecule has 2 aliphatic carbocycles. The predicted molar refractivity (Wildman–Crippen MR) is 114 cm³/mol. The Balaban J connectivity index is 1.45. The summed E-state index contributed by atoms with van der Waals surface area (Å²) in [5.41, 5.74) is 1.04. The lowest BCUT2D eigenvalue weighted by Gasteiger charge is -2.43. The molecule has 160 valence electrons. The largest absolute Gasteiger partial charge is 0.480 e. The van der Waals surface area contributed by atoms with Gasteiger partial charge in [0.2, 0.25) is 11.8 Å². The molecule has 1 aromatic heterocycles. The molecule has 0 unspecified atom stereocenters. The summed E-state index contributed by atoms with van der Waals surface area (Å²) in [6.07, 6.45) is 0.777. The summed E-state index contributed by atoms with van der Waals surface area (Å²) in [5.74, 6) is -2.80. The quantitative estimate of drug-likeness (QED) is 0.659. The molecular formula is C21H17ClN2O5S2. The minimum atomic E-state index is -1.18. The summed E-state index contributed by atoms with van der Waals surface area (Å²) in [5, 5.41) is 10.7. The molecule has 1 aromatic carbocycles. The summed E-state index contributed by atoms with van der Waals surface area (Å²) in [6, 6.07) is 7.60. The highest BCUT2D eigenvalue weighted by Gasteiger charge is 2.69. The molecule has 2 N–H and O–H groups in total. The first-order chi connectivity index (χ1) is 14.8. The third-order valence-corrected chi connectivity index (χ3v) is 10.2. The highest BCUT2D eigenvalue weighted by Crippen LogP contribution is 2.68. The van der Waals surface area contributed by atoms with Crippen molar-refractivity contribution in [1.29, 1.82) is 0 Å². The number of halogens is 1. The number of aliphatic carboxylic acids is 1. The van der Waals surface area contributed by atoms with Crippen LogP contribution in [0.2, 0.25) is 5.02 Å². The van der Waals surface area contributed by atoms with Crippen LogP contribution in [0.25, 0.3) is 0 Å². The Morgan fingerprint density at radius 1 is 1.13 bits per heavy atom. The lowest BCUT2D eigenvalue weighted by Crippen LogP contribution is -2.42. The van der Waals surface area contributed by atoms with Crippen molar-refractivity contribution in [1.82, 2.24) is 9.88 Å². The van der Waals surface area contributed by atoms with Gasteiger partial charge in [-0.1, -0.05) is 35.1 Å². The molecule has 2 amide bonds. The number of nitrogens with one attached hydrogen (secondary N) is 1. The monoisotopic (exact) mass is 476 g/mol. The van der Waals surface area contributed by atoms with Crippen LogP contribution in [-0.4, -0.2) is 44.6 Å². The number of rotatable bonds is 3. The number of aromatic amines is 1. The van der Waals surface area contributed by atoms with Crippen LogP contribution in [0.4, 0.5) is 0 Å². The van der Waals surface area contributed by atoms with Crippen LogP contribution in [0, 0.1) is 29.6 Å². The molecule has 2 aliphatic heterocycles. The van der Waals surface area contributed by atoms with Gasteiger partial charge in [-0.05, 0) is 41.9 Å². The number of carboxylic acid groups (broad SMARTS) is 1. The van der Waals surface area contributed by atoms with Gasteiger partial charge in [-0.15, -0.1) is 11.8 Å². The maximum atomic E-state index is 13.1. The second-order valence-corrected chi connectivity index (χ2v) is 11.3. The number of hydrogen-bond donors (Lipinski definition) is 2. The van der Waals surface area contributed by atoms with Crippen LogP contribution in [0.3, 0.4) is 0 Å². The van der Waals surface area contributed by atoms with E-state index < -0.39 is 24.3 Å². The van der Waals surface area contributed by atoms with Gasteiger partial charge in [-0.25, -0.2) is 0 Å². The summed E-state index contributed by atoms with van der Waals surface area (Å²) < 4.78 is 0. The molecule has 0 spiro atoms. The predicted octanol–water partition coefficient (Wildman–Crippen LogP) is 2.65. The van der Waals surface area contributed by atoms with Gasteiger partial charge in [-0.3, -0.25) is 24.1 Å². The second kappa shape index (κ2) is 6.70. The summed E-state index contributed by atoms with van der Waals surface area (Å²) in [6.45, 7) is -0.576. The fraction of sp³-hybridized carbons (Fsp3) is 0.429. The fourth-order valence-corrected chi connectivity index (χ4v) is 9.43. The van der Waals surface area contributed by atoms with E-state index in [0.717, 1.165) is 26.8 Å². The Morgan fingerprint density at radius 2 is 1.81 bits per heavy atom. The SMILES string of the molecule is O=C(O)CN1C(=O)[C@@H]2[C@H]3C[C@@H]([C@@H]4Sc5[nH]c(=O)sc5[C@H](c5ccc(Cl)cc5)[C@@H]34)[C@H]2C1=O. The number of H-pyrrole nitrogens is 1. The van der Waals surface area contributed by atoms with Crippen LogP contribution >= 0.6 is 34.7 Å². The smallest absolute Gasteiger partial charge is 0.323 e. The van der Waals surface area contributed by atoms with E-state index >= 15 is 0 Å². The van der Waals surface area contributed by atoms with Crippen LogP contribution < -0.4 is 4.87 Å². The number of likely N-dealkylation sites (tertiary alicyclic amines) is 1. The van der Waals surface area contributed by atoms with Gasteiger partial charge in [0.15, 0.2) is 0 Å². The molecule has 1 saturated heterocycles. The molecule has 10 heteroatoms. The second-order valence-electron chi connectivity index (χ2n) is 8.67. The Morgan fingerprint density at radius 3 is 2.48 bits per heavy atom. The topological polar surface area (TPSA) is 108 Å². The highest BCUT2D eigenvalue weighted by molar-refractivity contribution is 8.00. The zero-order valence-corrected chi connectivity index (χ0v) is 18.4. The summed E-state index contributed by atoms with van der Waals surface area (Å²) >= 11 is 8.92. The molecule has 3 heterocycles. The fourth-order valence-electron chi connectivity index (χ4n) is 6.41. The molecule has 31 heavy (non-hydrogen) atoms. The van der Waals surface area contributed by atoms with E-state index in [2.05, 4.69) is 4.98 Å². The van der Waals surface area contributed by atoms with Crippen LogP contribution in [0.1, 0.15) is 22.8 Å². The van der Waals surface area contributed by atoms with E-state index in [-0.39, 0.29) is 45.6 Å². The van der Waals surface area contributed by atoms with E-state index in [9.17, 15) is 19.2 Å². The van der Waals surface area contributed by atoms with Crippen molar-refractivity contribution in [3.8, 4) is 0 Å². The number of amides is 2. The van der Waals surface area contributed by atoms with E-state index in [0.29, 0.717) is 5.02 Å². The van der Waals surface area contributed by atoms with E-state index in [4.69, 9.17) is 16.7 Å². The van der Waals surface area contributed by atoms with Crippen molar-refractivity contribution < 1.29 is 19.5 Å². The van der Waals surface area contributed by atoms with Crippen molar-refractivity contribution in [2.24, 2.45) is 29.6 Å². The molecule has 2 saturated carbocycles. The molecule has 6 rings (SSSR count). The number of imide groups is 1. The Bertz CT molecular complexity index is 1190. The van der Waals surface area contributed by atoms with Crippen LogP contribution in [0.5, 0.6) is 0 Å². The maximum absolute atomic E-state index is 13.1. The average Bonchev–Trinajstić information content (AvgIpc) is 3.44. The van der Waals surface area contributed by atoms with Crippen LogP contribution in [-0.2, 0) is 14.4 Å². The number of carboxylic acids is 1. The number of nitrogens with zero attached hydrogens (tertiary/aromatic N) is 1. The Hall–Kier alpha value is -2.10. The number of fused-ring (bicyclic) bond motifs is 9. The Labute approximate surface area is 189 Å². The summed E-state index contributed by atoms with van der Waals surface area (Å²) in [7, 11) is 0. The molecule has 3 fully saturated rings. The minimum absolute atomic E-state index is 0.00778. The molecule has 7 nitrogen and oxygen atoms in total. The van der Waals surface area contributed by atoms with Crippen molar-refractivity contribution in [2.45, 2.75) is 22.6 Å². The highest BCUT2D eigenvalue weighted by atomic mass is 35.5. The van der Waals surface area contributed by atoms with Crippen LogP contribution in [0.15, 0.2) is 34.1 Å². The number of thioether (sulfide) groups is 1. The maximum Gasteiger partial charge on any atom is 0.323 e. The first-order valence-corrected chi connectivity index (χ1v) is 12.1. The number of carbonyl (C=O) groups excluding carboxylic acids is 2. The van der Waals surface area contributed by atoms with Gasteiger partial charge in [0, 0.05) is 21.1 Å².